The Morgan fingerprint density at radius 1 is 1.50 bits per heavy atom. The maximum atomic E-state index is 12.3. The highest BCUT2D eigenvalue weighted by Gasteiger charge is 2.36. The van der Waals surface area contributed by atoms with Crippen LogP contribution < -0.4 is 0 Å². The van der Waals surface area contributed by atoms with Gasteiger partial charge in [0.1, 0.15) is 6.04 Å². The molecule has 0 bridgehead atoms. The fourth-order valence-electron chi connectivity index (χ4n) is 2.62. The van der Waals surface area contributed by atoms with Gasteiger partial charge in [-0.3, -0.25) is 4.79 Å². The van der Waals surface area contributed by atoms with Gasteiger partial charge in [-0.25, -0.2) is 4.79 Å². The van der Waals surface area contributed by atoms with Crippen LogP contribution in [0.15, 0.2) is 16.8 Å². The van der Waals surface area contributed by atoms with Gasteiger partial charge in [0, 0.05) is 12.6 Å². The Labute approximate surface area is 122 Å². The largest absolute Gasteiger partial charge is 0.480 e. The number of amides is 1. The van der Waals surface area contributed by atoms with Crippen LogP contribution in [0.5, 0.6) is 0 Å². The monoisotopic (exact) mass is 296 g/mol. The number of carboxylic acid groups (broad SMARTS) is 1. The van der Waals surface area contributed by atoms with E-state index in [2.05, 4.69) is 0 Å². The number of aliphatic carboxylic acids is 1. The van der Waals surface area contributed by atoms with E-state index in [1.807, 2.05) is 35.8 Å². The van der Waals surface area contributed by atoms with Crippen LogP contribution in [-0.4, -0.2) is 59.5 Å². The minimum Gasteiger partial charge on any atom is -0.480 e. The first-order valence-electron chi connectivity index (χ1n) is 6.69. The third kappa shape index (κ3) is 3.37. The van der Waals surface area contributed by atoms with Crippen LogP contribution in [-0.2, 0) is 16.0 Å². The molecule has 1 aliphatic heterocycles. The molecule has 110 valence electrons. The van der Waals surface area contributed by atoms with Crippen LogP contribution in [0.4, 0.5) is 0 Å². The molecule has 2 heterocycles. The van der Waals surface area contributed by atoms with Crippen LogP contribution in [0.1, 0.15) is 18.4 Å². The number of carboxylic acids is 1. The molecule has 1 aromatic heterocycles. The summed E-state index contributed by atoms with van der Waals surface area (Å²) < 4.78 is 0. The summed E-state index contributed by atoms with van der Waals surface area (Å²) in [7, 11) is 3.90. The van der Waals surface area contributed by atoms with Gasteiger partial charge in [-0.15, -0.1) is 0 Å². The number of carbonyl (C=O) groups is 2. The first-order valence-corrected chi connectivity index (χ1v) is 7.63. The Bertz CT molecular complexity index is 473. The van der Waals surface area contributed by atoms with Crippen molar-refractivity contribution in [2.45, 2.75) is 31.3 Å². The van der Waals surface area contributed by atoms with E-state index in [1.54, 1.807) is 11.3 Å². The Kier molecular flexibility index (Phi) is 4.77. The Morgan fingerprint density at radius 2 is 2.25 bits per heavy atom. The zero-order chi connectivity index (χ0) is 14.7. The molecule has 1 aliphatic rings. The number of hydrogen-bond acceptors (Lipinski definition) is 4. The SMILES string of the molecule is CN(C)[C@H]1CCN(C(=O)Cc2ccsc2)[C@H](C(=O)O)C1. The number of hydrogen-bond donors (Lipinski definition) is 1. The van der Waals surface area contributed by atoms with Crippen molar-refractivity contribution in [1.82, 2.24) is 9.80 Å². The Balaban J connectivity index is 2.05. The first-order chi connectivity index (χ1) is 9.49. The molecule has 0 radical (unpaired) electrons. The molecule has 1 N–H and O–H groups in total. The fraction of sp³-hybridized carbons (Fsp3) is 0.571. The number of rotatable bonds is 4. The van der Waals surface area contributed by atoms with Crippen LogP contribution >= 0.6 is 11.3 Å². The molecular formula is C14H20N2O3S. The predicted molar refractivity (Wildman–Crippen MR) is 77.9 cm³/mol. The molecule has 0 aromatic carbocycles. The lowest BCUT2D eigenvalue weighted by Crippen LogP contribution is -2.54. The van der Waals surface area contributed by atoms with Gasteiger partial charge in [0.25, 0.3) is 0 Å². The van der Waals surface area contributed by atoms with E-state index in [-0.39, 0.29) is 11.9 Å². The zero-order valence-corrected chi connectivity index (χ0v) is 12.6. The molecule has 0 aliphatic carbocycles. The first kappa shape index (κ1) is 15.0. The van der Waals surface area contributed by atoms with E-state index < -0.39 is 12.0 Å². The van der Waals surface area contributed by atoms with E-state index in [9.17, 15) is 14.7 Å². The third-order valence-electron chi connectivity index (χ3n) is 3.85. The summed E-state index contributed by atoms with van der Waals surface area (Å²) in [4.78, 5) is 27.3. The molecule has 1 amide bonds. The van der Waals surface area contributed by atoms with Crippen molar-refractivity contribution < 1.29 is 14.7 Å². The van der Waals surface area contributed by atoms with Gasteiger partial charge in [0.15, 0.2) is 0 Å². The highest BCUT2D eigenvalue weighted by atomic mass is 32.1. The lowest BCUT2D eigenvalue weighted by atomic mass is 9.95. The summed E-state index contributed by atoms with van der Waals surface area (Å²) in [6.07, 6.45) is 1.61. The average Bonchev–Trinajstić information content (AvgIpc) is 2.90. The van der Waals surface area contributed by atoms with Gasteiger partial charge < -0.3 is 14.9 Å². The molecule has 1 aromatic rings. The van der Waals surface area contributed by atoms with Gasteiger partial charge >= 0.3 is 5.97 Å². The molecular weight excluding hydrogens is 276 g/mol. The summed E-state index contributed by atoms with van der Waals surface area (Å²) in [6.45, 7) is 0.517. The van der Waals surface area contributed by atoms with Gasteiger partial charge in [0.05, 0.1) is 6.42 Å². The molecule has 0 spiro atoms. The van der Waals surface area contributed by atoms with Crippen molar-refractivity contribution in [3.63, 3.8) is 0 Å². The van der Waals surface area contributed by atoms with Gasteiger partial charge in [-0.05, 0) is 49.3 Å². The van der Waals surface area contributed by atoms with E-state index in [0.717, 1.165) is 12.0 Å². The van der Waals surface area contributed by atoms with Crippen LogP contribution in [0, 0.1) is 0 Å². The van der Waals surface area contributed by atoms with Crippen molar-refractivity contribution in [2.75, 3.05) is 20.6 Å². The highest BCUT2D eigenvalue weighted by Crippen LogP contribution is 2.22. The standard InChI is InChI=1S/C14H20N2O3S/c1-15(2)11-3-5-16(12(8-11)14(18)19)13(17)7-10-4-6-20-9-10/h4,6,9,11-12H,3,5,7-8H2,1-2H3,(H,18,19)/t11-,12-/m0/s1. The van der Waals surface area contributed by atoms with E-state index in [1.165, 1.54) is 4.90 Å². The van der Waals surface area contributed by atoms with Crippen molar-refractivity contribution in [3.05, 3.63) is 22.4 Å². The fourth-order valence-corrected chi connectivity index (χ4v) is 3.29. The molecule has 2 atom stereocenters. The van der Waals surface area contributed by atoms with Crippen molar-refractivity contribution >= 4 is 23.2 Å². The number of carbonyl (C=O) groups excluding carboxylic acids is 1. The number of nitrogens with zero attached hydrogens (tertiary/aromatic N) is 2. The summed E-state index contributed by atoms with van der Waals surface area (Å²) >= 11 is 1.55. The third-order valence-corrected chi connectivity index (χ3v) is 4.58. The molecule has 20 heavy (non-hydrogen) atoms. The summed E-state index contributed by atoms with van der Waals surface area (Å²) in [5, 5.41) is 13.2. The maximum absolute atomic E-state index is 12.3. The average molecular weight is 296 g/mol. The second kappa shape index (κ2) is 6.37. The van der Waals surface area contributed by atoms with Gasteiger partial charge in [-0.1, -0.05) is 0 Å². The lowest BCUT2D eigenvalue weighted by molar-refractivity contribution is -0.153. The smallest absolute Gasteiger partial charge is 0.326 e. The summed E-state index contributed by atoms with van der Waals surface area (Å²) in [5.41, 5.74) is 0.957. The summed E-state index contributed by atoms with van der Waals surface area (Å²) in [6, 6.07) is 1.42. The zero-order valence-electron chi connectivity index (χ0n) is 11.8. The maximum Gasteiger partial charge on any atom is 0.326 e. The second-order valence-electron chi connectivity index (χ2n) is 5.39. The van der Waals surface area contributed by atoms with E-state index >= 15 is 0 Å². The molecule has 5 nitrogen and oxygen atoms in total. The Morgan fingerprint density at radius 3 is 2.80 bits per heavy atom. The van der Waals surface area contributed by atoms with Gasteiger partial charge in [0.2, 0.25) is 5.91 Å². The topological polar surface area (TPSA) is 60.9 Å². The van der Waals surface area contributed by atoms with E-state index in [0.29, 0.717) is 19.4 Å². The highest BCUT2D eigenvalue weighted by molar-refractivity contribution is 7.07. The van der Waals surface area contributed by atoms with Crippen molar-refractivity contribution in [1.29, 1.82) is 0 Å². The quantitative estimate of drug-likeness (QED) is 0.909. The van der Waals surface area contributed by atoms with Crippen molar-refractivity contribution in [2.24, 2.45) is 0 Å². The minimum absolute atomic E-state index is 0.0898. The number of likely N-dealkylation sites (tertiary alicyclic amines) is 1. The molecule has 6 heteroatoms. The van der Waals surface area contributed by atoms with E-state index in [4.69, 9.17) is 0 Å². The Hall–Kier alpha value is -1.40. The molecule has 0 unspecified atom stereocenters. The second-order valence-corrected chi connectivity index (χ2v) is 6.17. The van der Waals surface area contributed by atoms with Crippen LogP contribution in [0.3, 0.4) is 0 Å². The molecule has 0 saturated carbocycles. The lowest BCUT2D eigenvalue weighted by Gasteiger charge is -2.39. The minimum atomic E-state index is -0.907. The number of thiophene rings is 1. The van der Waals surface area contributed by atoms with Gasteiger partial charge in [-0.2, -0.15) is 11.3 Å². The van der Waals surface area contributed by atoms with Crippen LogP contribution in [0.2, 0.25) is 0 Å². The summed E-state index contributed by atoms with van der Waals surface area (Å²) in [5.74, 6) is -0.997. The predicted octanol–water partition coefficient (Wildman–Crippen LogP) is 1.30. The van der Waals surface area contributed by atoms with Crippen LogP contribution in [0.25, 0.3) is 0 Å². The van der Waals surface area contributed by atoms with Crippen molar-refractivity contribution in [3.8, 4) is 0 Å². The molecule has 1 saturated heterocycles. The normalized spacial score (nSPS) is 23.1. The molecule has 1 fully saturated rings. The molecule has 2 rings (SSSR count). The number of piperidine rings is 1.